The Labute approximate surface area is 134 Å². The van der Waals surface area contributed by atoms with E-state index in [-0.39, 0.29) is 11.5 Å². The number of carboxylic acid groups (broad SMARTS) is 1. The predicted molar refractivity (Wildman–Crippen MR) is 85.4 cm³/mol. The summed E-state index contributed by atoms with van der Waals surface area (Å²) in [5, 5.41) is 9.09. The molecule has 4 rings (SSSR count). The number of hydrogen-bond acceptors (Lipinski definition) is 2. The summed E-state index contributed by atoms with van der Waals surface area (Å²) in [6.45, 7) is 1.04. The normalized spacial score (nSPS) is 15.4. The Bertz CT molecular complexity index is 825. The fourth-order valence-electron chi connectivity index (χ4n) is 3.66. The molecule has 2 aromatic carbocycles. The molecule has 0 saturated heterocycles. The monoisotopic (exact) mass is 307 g/mol. The Morgan fingerprint density at radius 1 is 0.957 bits per heavy atom. The van der Waals surface area contributed by atoms with Crippen molar-refractivity contribution in [3.63, 3.8) is 0 Å². The largest absolute Gasteiger partial charge is 0.478 e. The van der Waals surface area contributed by atoms with Gasteiger partial charge in [0.25, 0.3) is 5.91 Å². The molecule has 1 N–H and O–H groups in total. The van der Waals surface area contributed by atoms with Crippen LogP contribution in [0.5, 0.6) is 0 Å². The van der Waals surface area contributed by atoms with Gasteiger partial charge in [0.2, 0.25) is 0 Å². The fraction of sp³-hybridized carbons (Fsp3) is 0.263. The highest BCUT2D eigenvalue weighted by Crippen LogP contribution is 2.30. The Kier molecular flexibility index (Phi) is 3.18. The number of rotatable bonds is 2. The molecule has 2 aliphatic rings. The van der Waals surface area contributed by atoms with Crippen molar-refractivity contribution < 1.29 is 14.7 Å². The summed E-state index contributed by atoms with van der Waals surface area (Å²) in [6.07, 6.45) is 3.14. The molecule has 1 aliphatic carbocycles. The molecular formula is C19H17NO3. The van der Waals surface area contributed by atoms with E-state index in [4.69, 9.17) is 5.11 Å². The van der Waals surface area contributed by atoms with Crippen molar-refractivity contribution in [2.45, 2.75) is 32.4 Å². The van der Waals surface area contributed by atoms with Crippen molar-refractivity contribution >= 4 is 11.9 Å². The number of benzene rings is 2. The van der Waals surface area contributed by atoms with Gasteiger partial charge in [-0.2, -0.15) is 0 Å². The Morgan fingerprint density at radius 2 is 1.78 bits per heavy atom. The van der Waals surface area contributed by atoms with Crippen molar-refractivity contribution in [2.24, 2.45) is 0 Å². The number of carbonyl (C=O) groups excluding carboxylic acids is 1. The number of amides is 1. The molecule has 0 unspecified atom stereocenters. The first kappa shape index (κ1) is 14.0. The number of aromatic carboxylic acids is 1. The standard InChI is InChI=1S/C19H17NO3/c21-18(17-6-2-4-12-3-1-5-16(12)17)20-10-14-8-7-13(19(22)23)9-15(14)11-20/h2,4,6-9H,1,3,5,10-11H2,(H,22,23). The molecule has 1 amide bonds. The third-order valence-corrected chi connectivity index (χ3v) is 4.84. The molecule has 0 fully saturated rings. The summed E-state index contributed by atoms with van der Waals surface area (Å²) < 4.78 is 0. The first-order valence-electron chi connectivity index (χ1n) is 7.88. The van der Waals surface area contributed by atoms with Crippen LogP contribution in [0.1, 0.15) is 49.4 Å². The summed E-state index contributed by atoms with van der Waals surface area (Å²) in [5.41, 5.74) is 5.55. The second kappa shape index (κ2) is 5.23. The van der Waals surface area contributed by atoms with Gasteiger partial charge in [-0.15, -0.1) is 0 Å². The molecular weight excluding hydrogens is 290 g/mol. The second-order valence-corrected chi connectivity index (χ2v) is 6.25. The highest BCUT2D eigenvalue weighted by Gasteiger charge is 2.27. The fourth-order valence-corrected chi connectivity index (χ4v) is 3.66. The maximum Gasteiger partial charge on any atom is 0.335 e. The summed E-state index contributed by atoms with van der Waals surface area (Å²) in [7, 11) is 0. The summed E-state index contributed by atoms with van der Waals surface area (Å²) in [5.74, 6) is -0.879. The Morgan fingerprint density at radius 3 is 2.61 bits per heavy atom. The van der Waals surface area contributed by atoms with Crippen molar-refractivity contribution in [1.82, 2.24) is 4.90 Å². The van der Waals surface area contributed by atoms with E-state index in [2.05, 4.69) is 6.07 Å². The number of carbonyl (C=O) groups is 2. The smallest absolute Gasteiger partial charge is 0.335 e. The lowest BCUT2D eigenvalue weighted by atomic mass is 10.0. The molecule has 0 bridgehead atoms. The quantitative estimate of drug-likeness (QED) is 0.928. The van der Waals surface area contributed by atoms with E-state index in [1.54, 1.807) is 12.1 Å². The lowest BCUT2D eigenvalue weighted by Crippen LogP contribution is -2.26. The molecule has 0 atom stereocenters. The zero-order valence-corrected chi connectivity index (χ0v) is 12.7. The number of aryl methyl sites for hydroxylation is 1. The van der Waals surface area contributed by atoms with Crippen molar-refractivity contribution in [2.75, 3.05) is 0 Å². The average Bonchev–Trinajstić information content (AvgIpc) is 3.19. The van der Waals surface area contributed by atoms with Gasteiger partial charge in [-0.25, -0.2) is 4.79 Å². The lowest BCUT2D eigenvalue weighted by molar-refractivity contribution is 0.0696. The minimum Gasteiger partial charge on any atom is -0.478 e. The minimum atomic E-state index is -0.932. The Balaban J connectivity index is 1.62. The zero-order valence-electron chi connectivity index (χ0n) is 12.7. The van der Waals surface area contributed by atoms with Crippen LogP contribution < -0.4 is 0 Å². The maximum absolute atomic E-state index is 12.9. The number of hydrogen-bond donors (Lipinski definition) is 1. The van der Waals surface area contributed by atoms with Crippen LogP contribution in [-0.2, 0) is 25.9 Å². The zero-order chi connectivity index (χ0) is 16.0. The van der Waals surface area contributed by atoms with Crippen molar-refractivity contribution in [3.05, 3.63) is 69.8 Å². The molecule has 0 saturated carbocycles. The van der Waals surface area contributed by atoms with E-state index >= 15 is 0 Å². The SMILES string of the molecule is O=C(O)c1ccc2c(c1)CN(C(=O)c1cccc3c1CCC3)C2. The van der Waals surface area contributed by atoms with Gasteiger partial charge in [-0.3, -0.25) is 4.79 Å². The summed E-state index contributed by atoms with van der Waals surface area (Å²) in [6, 6.07) is 11.1. The molecule has 1 aliphatic heterocycles. The van der Waals surface area contributed by atoms with E-state index in [1.807, 2.05) is 23.1 Å². The van der Waals surface area contributed by atoms with Gasteiger partial charge in [-0.1, -0.05) is 18.2 Å². The first-order chi connectivity index (χ1) is 11.1. The van der Waals surface area contributed by atoms with E-state index in [9.17, 15) is 9.59 Å². The minimum absolute atomic E-state index is 0.0526. The van der Waals surface area contributed by atoms with E-state index in [1.165, 1.54) is 11.1 Å². The Hall–Kier alpha value is -2.62. The van der Waals surface area contributed by atoms with E-state index in [0.717, 1.165) is 36.0 Å². The molecule has 0 spiro atoms. The third kappa shape index (κ3) is 2.31. The maximum atomic E-state index is 12.9. The van der Waals surface area contributed by atoms with Crippen LogP contribution in [0.2, 0.25) is 0 Å². The molecule has 1 heterocycles. The van der Waals surface area contributed by atoms with Gasteiger partial charge in [0.05, 0.1) is 5.56 Å². The van der Waals surface area contributed by atoms with Crippen molar-refractivity contribution in [1.29, 1.82) is 0 Å². The molecule has 0 radical (unpaired) electrons. The second-order valence-electron chi connectivity index (χ2n) is 6.25. The van der Waals surface area contributed by atoms with Crippen LogP contribution in [-0.4, -0.2) is 21.9 Å². The molecule has 23 heavy (non-hydrogen) atoms. The average molecular weight is 307 g/mol. The number of carboxylic acids is 1. The van der Waals surface area contributed by atoms with Crippen LogP contribution in [0.25, 0.3) is 0 Å². The van der Waals surface area contributed by atoms with Crippen LogP contribution in [0.15, 0.2) is 36.4 Å². The number of nitrogens with zero attached hydrogens (tertiary/aromatic N) is 1. The van der Waals surface area contributed by atoms with Crippen LogP contribution >= 0.6 is 0 Å². The molecule has 0 aromatic heterocycles. The van der Waals surface area contributed by atoms with Gasteiger partial charge >= 0.3 is 5.97 Å². The van der Waals surface area contributed by atoms with Gasteiger partial charge in [0, 0.05) is 18.7 Å². The molecule has 116 valence electrons. The highest BCUT2D eigenvalue weighted by molar-refractivity contribution is 5.96. The van der Waals surface area contributed by atoms with Crippen LogP contribution in [0.3, 0.4) is 0 Å². The predicted octanol–water partition coefficient (Wildman–Crippen LogP) is 3.03. The van der Waals surface area contributed by atoms with Gasteiger partial charge in [0.15, 0.2) is 0 Å². The topological polar surface area (TPSA) is 57.6 Å². The van der Waals surface area contributed by atoms with Crippen LogP contribution in [0.4, 0.5) is 0 Å². The van der Waals surface area contributed by atoms with E-state index < -0.39 is 5.97 Å². The third-order valence-electron chi connectivity index (χ3n) is 4.84. The molecule has 4 nitrogen and oxygen atoms in total. The van der Waals surface area contributed by atoms with E-state index in [0.29, 0.717) is 13.1 Å². The lowest BCUT2D eigenvalue weighted by Gasteiger charge is -2.17. The van der Waals surface area contributed by atoms with Gasteiger partial charge in [-0.05, 0) is 59.7 Å². The van der Waals surface area contributed by atoms with Crippen LogP contribution in [0, 0.1) is 0 Å². The van der Waals surface area contributed by atoms with Gasteiger partial charge in [0.1, 0.15) is 0 Å². The summed E-state index contributed by atoms with van der Waals surface area (Å²) >= 11 is 0. The number of fused-ring (bicyclic) bond motifs is 2. The highest BCUT2D eigenvalue weighted by atomic mass is 16.4. The first-order valence-corrected chi connectivity index (χ1v) is 7.88. The molecule has 2 aromatic rings. The summed E-state index contributed by atoms with van der Waals surface area (Å²) in [4.78, 5) is 25.8. The molecule has 4 heteroatoms. The van der Waals surface area contributed by atoms with Gasteiger partial charge < -0.3 is 10.0 Å². The van der Waals surface area contributed by atoms with Crippen molar-refractivity contribution in [3.8, 4) is 0 Å².